The molecule has 0 aromatic carbocycles. The van der Waals surface area contributed by atoms with Crippen LogP contribution in [-0.2, 0) is 0 Å². The third-order valence-electron chi connectivity index (χ3n) is 3.69. The smallest absolute Gasteiger partial charge is 0.226 e. The normalized spacial score (nSPS) is 16.5. The van der Waals surface area contributed by atoms with Crippen molar-refractivity contribution in [2.45, 2.75) is 32.7 Å². The largest absolute Gasteiger partial charge is 0.383 e. The Labute approximate surface area is 118 Å². The van der Waals surface area contributed by atoms with E-state index in [9.17, 15) is 0 Å². The van der Waals surface area contributed by atoms with Gasteiger partial charge >= 0.3 is 0 Å². The summed E-state index contributed by atoms with van der Waals surface area (Å²) in [5.74, 6) is 1.08. The number of aromatic nitrogens is 3. The maximum atomic E-state index is 6.07. The van der Waals surface area contributed by atoms with Gasteiger partial charge in [0.1, 0.15) is 5.82 Å². The van der Waals surface area contributed by atoms with Gasteiger partial charge in [-0.05, 0) is 51.4 Å². The summed E-state index contributed by atoms with van der Waals surface area (Å²) in [5, 5.41) is 7.56. The maximum Gasteiger partial charge on any atom is 0.226 e. The molecular formula is C14H20N6. The van der Waals surface area contributed by atoms with Crippen LogP contribution in [0.3, 0.4) is 0 Å². The summed E-state index contributed by atoms with van der Waals surface area (Å²) < 4.78 is 0. The predicted octanol–water partition coefficient (Wildman–Crippen LogP) is 1.39. The minimum Gasteiger partial charge on any atom is -0.383 e. The van der Waals surface area contributed by atoms with Crippen molar-refractivity contribution in [2.75, 3.05) is 24.1 Å². The Morgan fingerprint density at radius 2 is 1.95 bits per heavy atom. The zero-order valence-electron chi connectivity index (χ0n) is 11.9. The third-order valence-corrected chi connectivity index (χ3v) is 3.69. The Balaban J connectivity index is 1.96. The number of nitrogen functional groups attached to an aromatic ring is 1. The highest BCUT2D eigenvalue weighted by atomic mass is 15.2. The zero-order valence-corrected chi connectivity index (χ0v) is 11.9. The third kappa shape index (κ3) is 2.51. The lowest BCUT2D eigenvalue weighted by Gasteiger charge is -2.23. The van der Waals surface area contributed by atoms with Crippen LogP contribution in [0.5, 0.6) is 0 Å². The molecule has 1 fully saturated rings. The predicted molar refractivity (Wildman–Crippen MR) is 80.7 cm³/mol. The molecule has 2 aromatic rings. The molecule has 0 unspecified atom stereocenters. The van der Waals surface area contributed by atoms with Crippen LogP contribution in [0.2, 0.25) is 0 Å². The molecule has 6 nitrogen and oxygen atoms in total. The number of rotatable bonds is 2. The number of nitrogens with one attached hydrogen (secondary N) is 2. The Morgan fingerprint density at radius 3 is 2.70 bits per heavy atom. The van der Waals surface area contributed by atoms with Gasteiger partial charge in [0, 0.05) is 11.7 Å². The van der Waals surface area contributed by atoms with Crippen molar-refractivity contribution in [1.29, 1.82) is 0 Å². The van der Waals surface area contributed by atoms with Crippen LogP contribution in [0, 0.1) is 13.8 Å². The summed E-state index contributed by atoms with van der Waals surface area (Å²) in [4.78, 5) is 13.4. The van der Waals surface area contributed by atoms with Crippen LogP contribution in [-0.4, -0.2) is 34.1 Å². The van der Waals surface area contributed by atoms with Crippen molar-refractivity contribution in [1.82, 2.24) is 20.3 Å². The van der Waals surface area contributed by atoms with Gasteiger partial charge < -0.3 is 16.4 Å². The molecule has 0 saturated carbocycles. The lowest BCUT2D eigenvalue weighted by atomic mass is 10.1. The fourth-order valence-electron chi connectivity index (χ4n) is 2.72. The molecule has 0 aliphatic carbocycles. The quantitative estimate of drug-likeness (QED) is 0.765. The fraction of sp³-hybridized carbons (Fsp3) is 0.500. The van der Waals surface area contributed by atoms with E-state index in [2.05, 4.69) is 25.6 Å². The van der Waals surface area contributed by atoms with Crippen LogP contribution < -0.4 is 16.4 Å². The number of pyridine rings is 1. The van der Waals surface area contributed by atoms with Crippen molar-refractivity contribution in [3.8, 4) is 0 Å². The van der Waals surface area contributed by atoms with Crippen LogP contribution >= 0.6 is 0 Å². The monoisotopic (exact) mass is 272 g/mol. The Hall–Kier alpha value is -1.95. The molecule has 1 saturated heterocycles. The lowest BCUT2D eigenvalue weighted by molar-refractivity contribution is 0.477. The highest BCUT2D eigenvalue weighted by Crippen LogP contribution is 2.23. The zero-order chi connectivity index (χ0) is 14.1. The van der Waals surface area contributed by atoms with E-state index in [4.69, 9.17) is 5.73 Å². The van der Waals surface area contributed by atoms with Crippen LogP contribution in [0.15, 0.2) is 6.07 Å². The molecule has 3 rings (SSSR count). The minimum atomic E-state index is 0.402. The Bertz CT molecular complexity index is 633. The molecule has 0 radical (unpaired) electrons. The van der Waals surface area contributed by atoms with Crippen molar-refractivity contribution in [2.24, 2.45) is 0 Å². The molecule has 1 aliphatic rings. The van der Waals surface area contributed by atoms with Crippen molar-refractivity contribution in [3.63, 3.8) is 0 Å². The molecule has 2 aromatic heterocycles. The van der Waals surface area contributed by atoms with Gasteiger partial charge in [-0.15, -0.1) is 0 Å². The number of piperidine rings is 1. The average molecular weight is 272 g/mol. The maximum absolute atomic E-state index is 6.07. The van der Waals surface area contributed by atoms with E-state index in [1.54, 1.807) is 0 Å². The van der Waals surface area contributed by atoms with Crippen LogP contribution in [0.25, 0.3) is 11.0 Å². The minimum absolute atomic E-state index is 0.402. The topological polar surface area (TPSA) is 88.8 Å². The van der Waals surface area contributed by atoms with Crippen molar-refractivity contribution < 1.29 is 0 Å². The first-order valence-electron chi connectivity index (χ1n) is 7.02. The second-order valence-corrected chi connectivity index (χ2v) is 5.38. The highest BCUT2D eigenvalue weighted by Gasteiger charge is 2.15. The highest BCUT2D eigenvalue weighted by molar-refractivity contribution is 5.89. The molecule has 0 bridgehead atoms. The Kier molecular flexibility index (Phi) is 3.40. The first kappa shape index (κ1) is 13.1. The van der Waals surface area contributed by atoms with E-state index in [0.29, 0.717) is 23.5 Å². The van der Waals surface area contributed by atoms with Gasteiger partial charge in [-0.1, -0.05) is 0 Å². The number of fused-ring (bicyclic) bond motifs is 1. The van der Waals surface area contributed by atoms with Gasteiger partial charge in [0.25, 0.3) is 0 Å². The summed E-state index contributed by atoms with van der Waals surface area (Å²) in [6.45, 7) is 6.02. The molecule has 6 heteroatoms. The Morgan fingerprint density at radius 1 is 1.20 bits per heavy atom. The molecule has 1 aliphatic heterocycles. The van der Waals surface area contributed by atoms with Gasteiger partial charge in [0.2, 0.25) is 5.95 Å². The number of aryl methyl sites for hydroxylation is 2. The fourth-order valence-corrected chi connectivity index (χ4v) is 2.72. The van der Waals surface area contributed by atoms with E-state index in [-0.39, 0.29) is 0 Å². The molecule has 4 N–H and O–H groups in total. The van der Waals surface area contributed by atoms with Gasteiger partial charge in [-0.2, -0.15) is 9.97 Å². The number of nitrogens with two attached hydrogens (primary N) is 1. The lowest BCUT2D eigenvalue weighted by Crippen LogP contribution is -2.35. The number of nitrogens with zero attached hydrogens (tertiary/aromatic N) is 3. The van der Waals surface area contributed by atoms with Gasteiger partial charge in [0.05, 0.1) is 5.39 Å². The van der Waals surface area contributed by atoms with Crippen molar-refractivity contribution >= 4 is 22.8 Å². The summed E-state index contributed by atoms with van der Waals surface area (Å²) in [6, 6.07) is 2.40. The van der Waals surface area contributed by atoms with Gasteiger partial charge in [0.15, 0.2) is 5.65 Å². The molecule has 20 heavy (non-hydrogen) atoms. The summed E-state index contributed by atoms with van der Waals surface area (Å²) in [7, 11) is 0. The standard InChI is InChI=1S/C14H20N6/c1-8-7-9(2)17-13-11(8)12(15)19-14(20-13)18-10-3-5-16-6-4-10/h7,10,16H,3-6H2,1-2H3,(H3,15,17,18,19,20). The van der Waals surface area contributed by atoms with E-state index in [1.807, 2.05) is 19.9 Å². The molecule has 3 heterocycles. The first-order chi connectivity index (χ1) is 9.63. The van der Waals surface area contributed by atoms with Crippen LogP contribution in [0.1, 0.15) is 24.1 Å². The molecule has 0 spiro atoms. The molecular weight excluding hydrogens is 252 g/mol. The molecule has 0 atom stereocenters. The van der Waals surface area contributed by atoms with Gasteiger partial charge in [-0.25, -0.2) is 4.98 Å². The number of anilines is 2. The molecule has 106 valence electrons. The van der Waals surface area contributed by atoms with Crippen LogP contribution in [0.4, 0.5) is 11.8 Å². The van der Waals surface area contributed by atoms with E-state index < -0.39 is 0 Å². The summed E-state index contributed by atoms with van der Waals surface area (Å²) >= 11 is 0. The second-order valence-electron chi connectivity index (χ2n) is 5.38. The van der Waals surface area contributed by atoms with Gasteiger partial charge in [-0.3, -0.25) is 0 Å². The van der Waals surface area contributed by atoms with E-state index in [0.717, 1.165) is 42.6 Å². The second kappa shape index (κ2) is 5.20. The van der Waals surface area contributed by atoms with E-state index >= 15 is 0 Å². The summed E-state index contributed by atoms with van der Waals surface area (Å²) in [5.41, 5.74) is 8.76. The molecule has 0 amide bonds. The number of hydrogen-bond acceptors (Lipinski definition) is 6. The number of hydrogen-bond donors (Lipinski definition) is 3. The average Bonchev–Trinajstić information content (AvgIpc) is 2.38. The first-order valence-corrected chi connectivity index (χ1v) is 7.02. The SMILES string of the molecule is Cc1cc(C)c2c(N)nc(NC3CCNCC3)nc2n1. The summed E-state index contributed by atoms with van der Waals surface area (Å²) in [6.07, 6.45) is 2.14. The van der Waals surface area contributed by atoms with E-state index in [1.165, 1.54) is 0 Å². The van der Waals surface area contributed by atoms with Crippen molar-refractivity contribution in [3.05, 3.63) is 17.3 Å².